The second-order valence-corrected chi connectivity index (χ2v) is 6.46. The second kappa shape index (κ2) is 5.05. The van der Waals surface area contributed by atoms with Crippen LogP contribution in [0.15, 0.2) is 0 Å². The summed E-state index contributed by atoms with van der Waals surface area (Å²) >= 11 is 0. The smallest absolute Gasteiger partial charge is 0.265 e. The van der Waals surface area contributed by atoms with Crippen molar-refractivity contribution < 1.29 is 27.1 Å². The van der Waals surface area contributed by atoms with Crippen LogP contribution in [0.4, 0.5) is 8.78 Å². The molecule has 0 aliphatic heterocycles. The van der Waals surface area contributed by atoms with Crippen molar-refractivity contribution in [3.05, 3.63) is 0 Å². The van der Waals surface area contributed by atoms with E-state index in [4.69, 9.17) is 5.11 Å². The van der Waals surface area contributed by atoms with Crippen LogP contribution in [-0.2, 0) is 14.6 Å². The Labute approximate surface area is 92.8 Å². The Bertz CT molecular complexity index is 353. The van der Waals surface area contributed by atoms with Gasteiger partial charge in [0.1, 0.15) is 10.9 Å². The fourth-order valence-electron chi connectivity index (χ4n) is 0.668. The van der Waals surface area contributed by atoms with Crippen LogP contribution in [0.25, 0.3) is 0 Å². The van der Waals surface area contributed by atoms with Crippen LogP contribution in [0.1, 0.15) is 13.8 Å². The molecule has 0 saturated carbocycles. The van der Waals surface area contributed by atoms with Crippen molar-refractivity contribution in [2.75, 3.05) is 12.8 Å². The Morgan fingerprint density at radius 3 is 2.19 bits per heavy atom. The van der Waals surface area contributed by atoms with Crippen LogP contribution in [0, 0.1) is 0 Å². The zero-order valence-corrected chi connectivity index (χ0v) is 10.0. The van der Waals surface area contributed by atoms with Gasteiger partial charge in [0.2, 0.25) is 5.91 Å². The van der Waals surface area contributed by atoms with E-state index in [9.17, 15) is 22.0 Å². The maximum atomic E-state index is 11.9. The van der Waals surface area contributed by atoms with Gasteiger partial charge in [-0.2, -0.15) is 0 Å². The monoisotopic (exact) mass is 259 g/mol. The molecular weight excluding hydrogens is 244 g/mol. The number of aliphatic hydroxyl groups is 1. The van der Waals surface area contributed by atoms with Gasteiger partial charge in [-0.15, -0.1) is 0 Å². The molecule has 0 rings (SSSR count). The van der Waals surface area contributed by atoms with Crippen LogP contribution in [0.5, 0.6) is 0 Å². The molecule has 1 atom stereocenters. The number of rotatable bonds is 5. The maximum Gasteiger partial charge on any atom is 0.265 e. The molecule has 0 heterocycles. The first-order valence-electron chi connectivity index (χ1n) is 4.44. The van der Waals surface area contributed by atoms with Crippen molar-refractivity contribution in [3.8, 4) is 0 Å². The normalized spacial score (nSPS) is 14.9. The molecule has 0 aliphatic rings. The number of aliphatic hydroxyl groups excluding tert-OH is 1. The van der Waals surface area contributed by atoms with Gasteiger partial charge in [-0.05, 0) is 13.8 Å². The summed E-state index contributed by atoms with van der Waals surface area (Å²) < 4.78 is 44.5. The molecule has 2 N–H and O–H groups in total. The molecule has 0 aliphatic carbocycles. The summed E-state index contributed by atoms with van der Waals surface area (Å²) in [6.07, 6.45) is -4.11. The Hall–Kier alpha value is -0.760. The zero-order valence-electron chi connectivity index (χ0n) is 9.20. The molecule has 0 spiro atoms. The Morgan fingerprint density at radius 2 is 1.88 bits per heavy atom. The lowest BCUT2D eigenvalue weighted by Crippen LogP contribution is -2.50. The highest BCUT2D eigenvalue weighted by Gasteiger charge is 2.38. The lowest BCUT2D eigenvalue weighted by molar-refractivity contribution is -0.123. The largest absolute Gasteiger partial charge is 0.385 e. The van der Waals surface area contributed by atoms with E-state index in [-0.39, 0.29) is 0 Å². The van der Waals surface area contributed by atoms with Gasteiger partial charge in [0.05, 0.1) is 0 Å². The number of carbonyl (C=O) groups excluding carboxylic acids is 1. The third kappa shape index (κ3) is 3.67. The average Bonchev–Trinajstić information content (AvgIpc) is 2.11. The summed E-state index contributed by atoms with van der Waals surface area (Å²) in [5.41, 5.74) is 0. The first-order valence-corrected chi connectivity index (χ1v) is 6.33. The fourth-order valence-corrected chi connectivity index (χ4v) is 1.08. The van der Waals surface area contributed by atoms with Crippen LogP contribution >= 0.6 is 0 Å². The summed E-state index contributed by atoms with van der Waals surface area (Å²) in [6, 6.07) is 0. The highest BCUT2D eigenvalue weighted by molar-refractivity contribution is 7.92. The van der Waals surface area contributed by atoms with Crippen LogP contribution in [0.3, 0.4) is 0 Å². The number of alkyl halides is 2. The molecule has 16 heavy (non-hydrogen) atoms. The molecule has 0 fully saturated rings. The van der Waals surface area contributed by atoms with Gasteiger partial charge in [-0.1, -0.05) is 0 Å². The van der Waals surface area contributed by atoms with E-state index < -0.39 is 39.6 Å². The summed E-state index contributed by atoms with van der Waals surface area (Å²) in [4.78, 5) is 11.4. The van der Waals surface area contributed by atoms with Crippen molar-refractivity contribution in [1.82, 2.24) is 5.32 Å². The van der Waals surface area contributed by atoms with E-state index in [1.54, 1.807) is 0 Å². The van der Waals surface area contributed by atoms with Gasteiger partial charge in [-0.25, -0.2) is 17.2 Å². The van der Waals surface area contributed by atoms with Crippen LogP contribution in [-0.4, -0.2) is 49.5 Å². The van der Waals surface area contributed by atoms with Crippen molar-refractivity contribution in [1.29, 1.82) is 0 Å². The molecule has 0 aromatic heterocycles. The zero-order chi connectivity index (χ0) is 13.1. The molecule has 1 amide bonds. The highest BCUT2D eigenvalue weighted by atomic mass is 32.2. The number of nitrogens with one attached hydrogen (secondary N) is 1. The minimum Gasteiger partial charge on any atom is -0.385 e. The Balaban J connectivity index is 4.50. The van der Waals surface area contributed by atoms with Gasteiger partial charge < -0.3 is 10.4 Å². The van der Waals surface area contributed by atoms with Crippen molar-refractivity contribution in [2.24, 2.45) is 0 Å². The first-order chi connectivity index (χ1) is 7.00. The molecule has 8 heteroatoms. The van der Waals surface area contributed by atoms with Gasteiger partial charge >= 0.3 is 0 Å². The summed E-state index contributed by atoms with van der Waals surface area (Å²) in [5, 5.41) is 10.7. The quantitative estimate of drug-likeness (QED) is 0.700. The van der Waals surface area contributed by atoms with E-state index in [2.05, 4.69) is 0 Å². The second-order valence-electron chi connectivity index (χ2n) is 3.89. The third-order valence-corrected chi connectivity index (χ3v) is 4.28. The standard InChI is InChI=1S/C8H15F2NO4S/c1-8(2,16(3,14)15)7(13)11-4-5(12)6(9)10/h5-6,12H,4H2,1-3H3,(H,11,13). The lowest BCUT2D eigenvalue weighted by atomic mass is 10.2. The molecule has 0 aromatic carbocycles. The molecule has 5 nitrogen and oxygen atoms in total. The van der Waals surface area contributed by atoms with Gasteiger partial charge in [0.25, 0.3) is 6.43 Å². The molecule has 96 valence electrons. The lowest BCUT2D eigenvalue weighted by Gasteiger charge is -2.22. The molecule has 0 radical (unpaired) electrons. The molecule has 0 bridgehead atoms. The summed E-state index contributed by atoms with van der Waals surface area (Å²) in [7, 11) is -3.65. The SMILES string of the molecule is CC(C)(C(=O)NCC(O)C(F)F)S(C)(=O)=O. The predicted octanol–water partition coefficient (Wildman–Crippen LogP) is -0.448. The number of amides is 1. The highest BCUT2D eigenvalue weighted by Crippen LogP contribution is 2.15. The predicted molar refractivity (Wildman–Crippen MR) is 53.9 cm³/mol. The van der Waals surface area contributed by atoms with E-state index >= 15 is 0 Å². The minimum atomic E-state index is -3.65. The first kappa shape index (κ1) is 15.2. The molecule has 0 aromatic rings. The van der Waals surface area contributed by atoms with Crippen molar-refractivity contribution >= 4 is 15.7 Å². The topological polar surface area (TPSA) is 83.5 Å². The Kier molecular flexibility index (Phi) is 4.81. The Morgan fingerprint density at radius 1 is 1.44 bits per heavy atom. The number of hydrogen-bond donors (Lipinski definition) is 2. The van der Waals surface area contributed by atoms with Crippen molar-refractivity contribution in [2.45, 2.75) is 31.1 Å². The minimum absolute atomic E-state index is 0.685. The molecule has 1 unspecified atom stereocenters. The maximum absolute atomic E-state index is 11.9. The molecule has 0 saturated heterocycles. The number of hydrogen-bond acceptors (Lipinski definition) is 4. The molecular formula is C8H15F2NO4S. The van der Waals surface area contributed by atoms with E-state index in [0.717, 1.165) is 20.1 Å². The van der Waals surface area contributed by atoms with Gasteiger partial charge in [-0.3, -0.25) is 4.79 Å². The number of carbonyl (C=O) groups is 1. The fraction of sp³-hybridized carbons (Fsp3) is 0.875. The van der Waals surface area contributed by atoms with Crippen LogP contribution in [0.2, 0.25) is 0 Å². The van der Waals surface area contributed by atoms with Gasteiger partial charge in [0, 0.05) is 12.8 Å². The van der Waals surface area contributed by atoms with E-state index in [1.807, 2.05) is 5.32 Å². The summed E-state index contributed by atoms with van der Waals surface area (Å²) in [5.74, 6) is -0.922. The number of sulfone groups is 1. The van der Waals surface area contributed by atoms with E-state index in [0.29, 0.717) is 0 Å². The number of halogens is 2. The summed E-state index contributed by atoms with van der Waals surface area (Å²) in [6.45, 7) is 1.63. The average molecular weight is 259 g/mol. The van der Waals surface area contributed by atoms with Crippen molar-refractivity contribution in [3.63, 3.8) is 0 Å². The third-order valence-electron chi connectivity index (χ3n) is 2.24. The van der Waals surface area contributed by atoms with Gasteiger partial charge in [0.15, 0.2) is 9.84 Å². The van der Waals surface area contributed by atoms with Crippen LogP contribution < -0.4 is 5.32 Å². The van der Waals surface area contributed by atoms with E-state index in [1.165, 1.54) is 0 Å².